The third kappa shape index (κ3) is 8.77. The van der Waals surface area contributed by atoms with Crippen LogP contribution in [0, 0.1) is 0 Å². The van der Waals surface area contributed by atoms with Crippen molar-refractivity contribution in [3.8, 4) is 11.1 Å². The van der Waals surface area contributed by atoms with E-state index in [-0.39, 0.29) is 0 Å². The maximum absolute atomic E-state index is 11.2. The van der Waals surface area contributed by atoms with Crippen LogP contribution in [0.4, 0.5) is 0 Å². The van der Waals surface area contributed by atoms with Crippen molar-refractivity contribution < 1.29 is 12.9 Å². The predicted octanol–water partition coefficient (Wildman–Crippen LogP) is 5.57. The normalized spacial score (nSPS) is 9.10. The molecule has 1 heterocycles. The molecule has 0 atom stereocenters. The molecule has 0 saturated heterocycles. The van der Waals surface area contributed by atoms with Crippen LogP contribution in [0.15, 0.2) is 46.1 Å². The van der Waals surface area contributed by atoms with Crippen molar-refractivity contribution in [2.24, 2.45) is 0 Å². The largest absolute Gasteiger partial charge is 0.364 e. The van der Waals surface area contributed by atoms with Crippen LogP contribution in [0.1, 0.15) is 27.7 Å². The van der Waals surface area contributed by atoms with Crippen LogP contribution in [-0.4, -0.2) is 19.8 Å². The van der Waals surface area contributed by atoms with Crippen LogP contribution in [0.3, 0.4) is 0 Å². The second-order valence-corrected chi connectivity index (χ2v) is 5.23. The fourth-order valence-corrected chi connectivity index (χ4v) is 1.87. The van der Waals surface area contributed by atoms with Crippen LogP contribution in [-0.2, 0) is 9.84 Å². The Bertz CT molecular complexity index is 552. The third-order valence-corrected chi connectivity index (χ3v) is 3.18. The minimum atomic E-state index is -3.13. The van der Waals surface area contributed by atoms with Gasteiger partial charge in [0.2, 0.25) is 0 Å². The minimum Gasteiger partial charge on any atom is -0.364 e. The molecular formula is C14H21I2NO3S. The van der Waals surface area contributed by atoms with Gasteiger partial charge in [0.25, 0.3) is 0 Å². The summed E-state index contributed by atoms with van der Waals surface area (Å²) in [5.74, 6) is 0. The minimum absolute atomic E-state index is 0.308. The van der Waals surface area contributed by atoms with Crippen molar-refractivity contribution in [2.75, 3.05) is 6.26 Å². The highest BCUT2D eigenvalue weighted by Gasteiger charge is 2.07. The molecule has 0 fully saturated rings. The van der Waals surface area contributed by atoms with Gasteiger partial charge in [0.05, 0.1) is 11.1 Å². The molecule has 120 valence electrons. The van der Waals surface area contributed by atoms with Crippen LogP contribution >= 0.6 is 37.2 Å². The quantitative estimate of drug-likeness (QED) is 0.471. The van der Waals surface area contributed by atoms with Gasteiger partial charge in [-0.05, 0) is 17.7 Å². The average molecular weight is 537 g/mol. The molecule has 0 radical (unpaired) electrons. The lowest BCUT2D eigenvalue weighted by Crippen LogP contribution is -1.95. The van der Waals surface area contributed by atoms with E-state index in [4.69, 9.17) is 4.52 Å². The Balaban J connectivity index is 0. The van der Waals surface area contributed by atoms with E-state index in [0.29, 0.717) is 4.90 Å². The maximum Gasteiger partial charge on any atom is 0.175 e. The number of sulfone groups is 1. The molecule has 0 aliphatic rings. The Labute approximate surface area is 150 Å². The molecule has 2 rings (SSSR count). The molecule has 0 N–H and O–H groups in total. The van der Waals surface area contributed by atoms with Crippen molar-refractivity contribution in [3.05, 3.63) is 36.7 Å². The summed E-state index contributed by atoms with van der Waals surface area (Å²) in [6.07, 6.45) is 4.27. The van der Waals surface area contributed by atoms with Gasteiger partial charge >= 0.3 is 0 Å². The van der Waals surface area contributed by atoms with Crippen LogP contribution in [0.2, 0.25) is 0 Å². The van der Waals surface area contributed by atoms with Crippen molar-refractivity contribution in [1.82, 2.24) is 5.16 Å². The highest BCUT2D eigenvalue weighted by atomic mass is 128. The highest BCUT2D eigenvalue weighted by molar-refractivity contribution is 15.0. The topological polar surface area (TPSA) is 60.2 Å². The Morgan fingerprint density at radius 3 is 1.76 bits per heavy atom. The summed E-state index contributed by atoms with van der Waals surface area (Å²) >= 11 is 4.24. The number of aromatic nitrogens is 1. The second kappa shape index (κ2) is 13.5. The first-order valence-corrected chi connectivity index (χ1v) is 14.6. The lowest BCUT2D eigenvalue weighted by Gasteiger charge is -1.99. The average Bonchev–Trinajstić information content (AvgIpc) is 3.07. The second-order valence-electron chi connectivity index (χ2n) is 3.21. The summed E-state index contributed by atoms with van der Waals surface area (Å²) in [6, 6.07) is 6.58. The van der Waals surface area contributed by atoms with E-state index in [9.17, 15) is 8.42 Å². The molecule has 0 bridgehead atoms. The smallest absolute Gasteiger partial charge is 0.175 e. The highest BCUT2D eigenvalue weighted by Crippen LogP contribution is 2.20. The third-order valence-electron chi connectivity index (χ3n) is 2.05. The molecule has 0 unspecified atom stereocenters. The Hall–Kier alpha value is -0.160. The zero-order valence-corrected chi connectivity index (χ0v) is 17.9. The number of halogens is 2. The van der Waals surface area contributed by atoms with Crippen LogP contribution in [0.5, 0.6) is 0 Å². The summed E-state index contributed by atoms with van der Waals surface area (Å²) in [5.41, 5.74) is 1.71. The summed E-state index contributed by atoms with van der Waals surface area (Å²) in [4.78, 5) is 0.308. The van der Waals surface area contributed by atoms with Gasteiger partial charge in [0.1, 0.15) is 6.26 Å². The van der Waals surface area contributed by atoms with Gasteiger partial charge in [-0.25, -0.2) is 8.42 Å². The summed E-state index contributed by atoms with van der Waals surface area (Å²) < 4.78 is 27.1. The monoisotopic (exact) mass is 537 g/mol. The fourth-order valence-electron chi connectivity index (χ4n) is 1.24. The number of nitrogens with zero attached hydrogens (tertiary/aromatic N) is 1. The Kier molecular flexibility index (Phi) is 14.9. The molecule has 0 saturated carbocycles. The lowest BCUT2D eigenvalue weighted by molar-refractivity contribution is 0.420. The van der Waals surface area contributed by atoms with Gasteiger partial charge < -0.3 is 4.52 Å². The van der Waals surface area contributed by atoms with Gasteiger partial charge in [0, 0.05) is 49.1 Å². The van der Waals surface area contributed by atoms with Crippen molar-refractivity contribution in [3.63, 3.8) is 0 Å². The van der Waals surface area contributed by atoms with E-state index in [1.807, 2.05) is 27.7 Å². The molecule has 1 aromatic carbocycles. The number of hydrogen-bond acceptors (Lipinski definition) is 4. The van der Waals surface area contributed by atoms with Crippen LogP contribution < -0.4 is 0 Å². The van der Waals surface area contributed by atoms with Gasteiger partial charge in [-0.3, -0.25) is 0 Å². The van der Waals surface area contributed by atoms with Gasteiger partial charge in [-0.2, -0.15) is 0 Å². The molecule has 4 nitrogen and oxygen atoms in total. The van der Waals surface area contributed by atoms with Gasteiger partial charge in [-0.1, -0.05) is 45.0 Å². The fraction of sp³-hybridized carbons (Fsp3) is 0.357. The van der Waals surface area contributed by atoms with Crippen molar-refractivity contribution >= 4 is 47.1 Å². The first kappa shape index (κ1) is 23.1. The molecule has 0 spiro atoms. The Morgan fingerprint density at radius 2 is 1.43 bits per heavy atom. The zero-order valence-electron chi connectivity index (χ0n) is 12.8. The molecule has 1 aromatic heterocycles. The maximum atomic E-state index is 11.2. The van der Waals surface area contributed by atoms with E-state index < -0.39 is 9.84 Å². The van der Waals surface area contributed by atoms with E-state index in [1.165, 1.54) is 12.5 Å². The number of rotatable bonds is 2. The summed E-state index contributed by atoms with van der Waals surface area (Å²) in [6.45, 7) is 8.00. The standard InChI is InChI=1S/C10H9NO3S.2C2H6.I2/c1-15(12,13)10-4-2-8(3-5-10)9-6-11-14-7-9;3*1-2/h2-7H,1H3;2*1-2H3;. The van der Waals surface area contributed by atoms with Crippen molar-refractivity contribution in [2.45, 2.75) is 32.6 Å². The van der Waals surface area contributed by atoms with Crippen molar-refractivity contribution in [1.29, 1.82) is 0 Å². The molecule has 7 heteroatoms. The van der Waals surface area contributed by atoms with Crippen LogP contribution in [0.25, 0.3) is 11.1 Å². The SMILES string of the molecule is CC.CC.CS(=O)(=O)c1ccc(-c2cnoc2)cc1.II. The van der Waals surface area contributed by atoms with Gasteiger partial charge in [-0.15, -0.1) is 0 Å². The van der Waals surface area contributed by atoms with E-state index in [1.54, 1.807) is 30.5 Å². The van der Waals surface area contributed by atoms with E-state index in [0.717, 1.165) is 11.1 Å². The number of hydrogen-bond donors (Lipinski definition) is 0. The molecule has 0 amide bonds. The number of benzene rings is 1. The molecule has 2 aromatic rings. The first-order chi connectivity index (χ1) is 10.1. The zero-order chi connectivity index (χ0) is 16.9. The predicted molar refractivity (Wildman–Crippen MR) is 106 cm³/mol. The van der Waals surface area contributed by atoms with E-state index >= 15 is 0 Å². The Morgan fingerprint density at radius 1 is 0.952 bits per heavy atom. The molecule has 0 aliphatic heterocycles. The molecular weight excluding hydrogens is 516 g/mol. The first-order valence-electron chi connectivity index (χ1n) is 6.41. The molecule has 0 aliphatic carbocycles. The van der Waals surface area contributed by atoms with E-state index in [2.05, 4.69) is 42.4 Å². The molecule has 21 heavy (non-hydrogen) atoms. The van der Waals surface area contributed by atoms with Gasteiger partial charge in [0.15, 0.2) is 9.84 Å². The summed E-state index contributed by atoms with van der Waals surface area (Å²) in [7, 11) is -3.13. The lowest BCUT2D eigenvalue weighted by atomic mass is 10.1. The summed E-state index contributed by atoms with van der Waals surface area (Å²) in [5, 5.41) is 3.58.